The van der Waals surface area contributed by atoms with Gasteiger partial charge in [-0.25, -0.2) is 0 Å². The molecule has 1 aromatic rings. The summed E-state index contributed by atoms with van der Waals surface area (Å²) in [6, 6.07) is 5.79. The summed E-state index contributed by atoms with van der Waals surface area (Å²) >= 11 is 0. The van der Waals surface area contributed by atoms with E-state index in [0.717, 1.165) is 55.8 Å². The third kappa shape index (κ3) is 4.48. The van der Waals surface area contributed by atoms with E-state index in [1.54, 1.807) is 4.90 Å². The molecule has 3 heterocycles. The summed E-state index contributed by atoms with van der Waals surface area (Å²) < 4.78 is 12.3. The van der Waals surface area contributed by atoms with Gasteiger partial charge in [-0.15, -0.1) is 0 Å². The highest BCUT2D eigenvalue weighted by Crippen LogP contribution is 2.35. The van der Waals surface area contributed by atoms with Gasteiger partial charge in [-0.3, -0.25) is 14.5 Å². The van der Waals surface area contributed by atoms with Gasteiger partial charge in [-0.2, -0.15) is 0 Å². The lowest BCUT2D eigenvalue weighted by molar-refractivity contribution is -0.126. The molecule has 34 heavy (non-hydrogen) atoms. The summed E-state index contributed by atoms with van der Waals surface area (Å²) in [5.41, 5.74) is 2.34. The van der Waals surface area contributed by atoms with Gasteiger partial charge in [0.25, 0.3) is 5.91 Å². The van der Waals surface area contributed by atoms with Crippen LogP contribution in [-0.4, -0.2) is 65.6 Å². The summed E-state index contributed by atoms with van der Waals surface area (Å²) in [7, 11) is 1.82. The van der Waals surface area contributed by atoms with Gasteiger partial charge >= 0.3 is 0 Å². The Bertz CT molecular complexity index is 969. The van der Waals surface area contributed by atoms with Crippen LogP contribution in [0.2, 0.25) is 0 Å². The molecular weight excluding hydrogens is 430 g/mol. The quantitative estimate of drug-likeness (QED) is 0.716. The van der Waals surface area contributed by atoms with Crippen LogP contribution in [0.15, 0.2) is 30.5 Å². The van der Waals surface area contributed by atoms with Gasteiger partial charge < -0.3 is 19.7 Å². The minimum atomic E-state index is -0.436. The minimum absolute atomic E-state index is 0.0115. The third-order valence-electron chi connectivity index (χ3n) is 8.38. The number of fused-ring (bicyclic) bond motifs is 1. The first-order valence-electron chi connectivity index (χ1n) is 12.8. The predicted octanol–water partition coefficient (Wildman–Crippen LogP) is 3.63. The van der Waals surface area contributed by atoms with Gasteiger partial charge in [0.05, 0.1) is 5.60 Å². The number of piperidine rings is 2. The lowest BCUT2D eigenvalue weighted by atomic mass is 9.87. The maximum absolute atomic E-state index is 13.0. The van der Waals surface area contributed by atoms with E-state index in [1.807, 2.05) is 25.3 Å². The van der Waals surface area contributed by atoms with Crippen LogP contribution in [0.4, 0.5) is 0 Å². The van der Waals surface area contributed by atoms with E-state index >= 15 is 0 Å². The van der Waals surface area contributed by atoms with Gasteiger partial charge in [0.15, 0.2) is 0 Å². The second kappa shape index (κ2) is 9.34. The molecule has 3 fully saturated rings. The van der Waals surface area contributed by atoms with E-state index in [4.69, 9.17) is 9.47 Å². The molecule has 2 amide bonds. The second-order valence-corrected chi connectivity index (χ2v) is 10.6. The largest absolute Gasteiger partial charge is 0.489 e. The van der Waals surface area contributed by atoms with Crippen molar-refractivity contribution in [2.75, 3.05) is 20.2 Å². The van der Waals surface area contributed by atoms with Gasteiger partial charge in [-0.05, 0) is 75.6 Å². The van der Waals surface area contributed by atoms with Crippen LogP contribution in [0.3, 0.4) is 0 Å². The summed E-state index contributed by atoms with van der Waals surface area (Å²) in [6.07, 6.45) is 8.21. The van der Waals surface area contributed by atoms with Crippen LogP contribution in [-0.2, 0) is 16.1 Å². The Morgan fingerprint density at radius 1 is 1.12 bits per heavy atom. The Kier molecular flexibility index (Phi) is 6.42. The number of benzene rings is 1. The van der Waals surface area contributed by atoms with Crippen molar-refractivity contribution >= 4 is 11.8 Å². The van der Waals surface area contributed by atoms with Crippen molar-refractivity contribution in [3.63, 3.8) is 0 Å². The van der Waals surface area contributed by atoms with Crippen LogP contribution in [0.5, 0.6) is 5.75 Å². The smallest absolute Gasteiger partial charge is 0.255 e. The van der Waals surface area contributed by atoms with Crippen molar-refractivity contribution in [1.82, 2.24) is 15.1 Å². The SMILES string of the molecule is C=C1CCC(N2Cc3cc(O[C@@H]4CCCC[C@@H]4N4CCC(C)(OC)CC4)ccc3C2=O)C(=O)N1. The lowest BCUT2D eigenvalue weighted by Crippen LogP contribution is -2.53. The van der Waals surface area contributed by atoms with Gasteiger partial charge in [0.1, 0.15) is 17.9 Å². The first-order valence-corrected chi connectivity index (χ1v) is 12.8. The zero-order chi connectivity index (χ0) is 23.9. The molecule has 2 saturated heterocycles. The molecule has 7 nitrogen and oxygen atoms in total. The average Bonchev–Trinajstić information content (AvgIpc) is 3.15. The number of allylic oxidation sites excluding steroid dienone is 1. The van der Waals surface area contributed by atoms with Gasteiger partial charge in [0, 0.05) is 44.0 Å². The molecule has 0 spiro atoms. The Balaban J connectivity index is 1.27. The van der Waals surface area contributed by atoms with Crippen LogP contribution in [0.25, 0.3) is 0 Å². The topological polar surface area (TPSA) is 71.1 Å². The molecule has 0 radical (unpaired) electrons. The molecule has 0 aromatic heterocycles. The Morgan fingerprint density at radius 2 is 1.88 bits per heavy atom. The second-order valence-electron chi connectivity index (χ2n) is 10.6. The Hall–Kier alpha value is -2.38. The van der Waals surface area contributed by atoms with Crippen molar-refractivity contribution in [1.29, 1.82) is 0 Å². The number of carbonyl (C=O) groups excluding carboxylic acids is 2. The van der Waals surface area contributed by atoms with E-state index in [0.29, 0.717) is 31.0 Å². The van der Waals surface area contributed by atoms with Crippen molar-refractivity contribution in [2.45, 2.75) is 88.6 Å². The van der Waals surface area contributed by atoms with E-state index < -0.39 is 6.04 Å². The van der Waals surface area contributed by atoms with Crippen molar-refractivity contribution in [2.24, 2.45) is 0 Å². The van der Waals surface area contributed by atoms with Crippen LogP contribution >= 0.6 is 0 Å². The van der Waals surface area contributed by atoms with Crippen LogP contribution < -0.4 is 10.1 Å². The first-order chi connectivity index (χ1) is 16.4. The molecule has 1 N–H and O–H groups in total. The zero-order valence-electron chi connectivity index (χ0n) is 20.5. The monoisotopic (exact) mass is 467 g/mol. The molecule has 1 saturated carbocycles. The predicted molar refractivity (Wildman–Crippen MR) is 130 cm³/mol. The van der Waals surface area contributed by atoms with Crippen LogP contribution in [0.1, 0.15) is 74.2 Å². The number of methoxy groups -OCH3 is 1. The minimum Gasteiger partial charge on any atom is -0.489 e. The molecule has 7 heteroatoms. The molecule has 1 aromatic carbocycles. The fourth-order valence-electron chi connectivity index (χ4n) is 6.04. The summed E-state index contributed by atoms with van der Waals surface area (Å²) in [4.78, 5) is 29.8. The average molecular weight is 468 g/mol. The van der Waals surface area contributed by atoms with E-state index in [9.17, 15) is 9.59 Å². The highest BCUT2D eigenvalue weighted by molar-refractivity contribution is 6.01. The number of ether oxygens (including phenoxy) is 2. The van der Waals surface area contributed by atoms with Crippen molar-refractivity contribution < 1.29 is 19.1 Å². The first kappa shape index (κ1) is 23.4. The van der Waals surface area contributed by atoms with Crippen molar-refractivity contribution in [3.05, 3.63) is 41.6 Å². The lowest BCUT2D eigenvalue weighted by Gasteiger charge is -2.45. The standard InChI is InChI=1S/C27H37N3O4/c1-18-8-11-23(25(31)28-18)30-17-19-16-20(9-10-21(19)26(30)32)34-24-7-5-4-6-22(24)29-14-12-27(2,33-3)13-15-29/h9-10,16,22-24H,1,4-8,11-15,17H2,2-3H3,(H,28,31)/t22-,23?,24+/m0/s1. The summed E-state index contributed by atoms with van der Waals surface area (Å²) in [5.74, 6) is 0.620. The molecule has 4 aliphatic rings. The Labute approximate surface area is 202 Å². The summed E-state index contributed by atoms with van der Waals surface area (Å²) in [6.45, 7) is 8.58. The molecule has 184 valence electrons. The normalized spacial score (nSPS) is 29.6. The fraction of sp³-hybridized carbons (Fsp3) is 0.630. The van der Waals surface area contributed by atoms with Gasteiger partial charge in [-0.1, -0.05) is 13.0 Å². The highest BCUT2D eigenvalue weighted by atomic mass is 16.5. The number of nitrogens with zero attached hydrogens (tertiary/aromatic N) is 2. The molecule has 1 aliphatic carbocycles. The summed E-state index contributed by atoms with van der Waals surface area (Å²) in [5, 5.41) is 2.80. The molecule has 5 rings (SSSR count). The maximum atomic E-state index is 13.0. The number of likely N-dealkylation sites (tertiary alicyclic amines) is 1. The fourth-order valence-corrected chi connectivity index (χ4v) is 6.04. The molecular formula is C27H37N3O4. The molecule has 1 unspecified atom stereocenters. The van der Waals surface area contributed by atoms with E-state index in [2.05, 4.69) is 23.7 Å². The van der Waals surface area contributed by atoms with Crippen molar-refractivity contribution in [3.8, 4) is 5.75 Å². The third-order valence-corrected chi connectivity index (χ3v) is 8.38. The van der Waals surface area contributed by atoms with Crippen LogP contribution in [0, 0.1) is 0 Å². The number of carbonyl (C=O) groups is 2. The number of hydrogen-bond donors (Lipinski definition) is 1. The van der Waals surface area contributed by atoms with E-state index in [1.165, 1.54) is 12.8 Å². The molecule has 3 aliphatic heterocycles. The van der Waals surface area contributed by atoms with Gasteiger partial charge in [0.2, 0.25) is 5.91 Å². The van der Waals surface area contributed by atoms with E-state index in [-0.39, 0.29) is 23.5 Å². The zero-order valence-corrected chi connectivity index (χ0v) is 20.5. The number of hydrogen-bond acceptors (Lipinski definition) is 5. The number of rotatable bonds is 5. The number of amides is 2. The molecule has 3 atom stereocenters. The maximum Gasteiger partial charge on any atom is 0.255 e. The number of nitrogens with one attached hydrogen (secondary N) is 1. The molecule has 0 bridgehead atoms. The highest BCUT2D eigenvalue weighted by Gasteiger charge is 2.39. The Morgan fingerprint density at radius 3 is 2.62 bits per heavy atom.